The van der Waals surface area contributed by atoms with Crippen molar-refractivity contribution in [1.29, 1.82) is 0 Å². The Labute approximate surface area is 88.4 Å². The van der Waals surface area contributed by atoms with Crippen LogP contribution in [-0.4, -0.2) is 17.7 Å². The lowest BCUT2D eigenvalue weighted by atomic mass is 10.2. The summed E-state index contributed by atoms with van der Waals surface area (Å²) in [7, 11) is 0. The molecule has 1 aliphatic heterocycles. The lowest BCUT2D eigenvalue weighted by molar-refractivity contribution is -0.117. The Morgan fingerprint density at radius 1 is 1.27 bits per heavy atom. The summed E-state index contributed by atoms with van der Waals surface area (Å²) in [5.74, 6) is -0.170. The first-order valence-electron chi connectivity index (χ1n) is 4.81. The van der Waals surface area contributed by atoms with Gasteiger partial charge in [-0.2, -0.15) is 10.1 Å². The number of amides is 1. The van der Waals surface area contributed by atoms with Gasteiger partial charge in [-0.25, -0.2) is 0 Å². The SMILES string of the molecule is CC1=NN(c2ccc(C)cc2)C(=O)C1N. The Bertz CT molecular complexity index is 422. The molecular weight excluding hydrogens is 190 g/mol. The maximum absolute atomic E-state index is 11.7. The van der Waals surface area contributed by atoms with E-state index in [4.69, 9.17) is 5.73 Å². The van der Waals surface area contributed by atoms with E-state index in [0.29, 0.717) is 5.71 Å². The number of nitrogens with two attached hydrogens (primary N) is 1. The fourth-order valence-electron chi connectivity index (χ4n) is 1.45. The van der Waals surface area contributed by atoms with Gasteiger partial charge >= 0.3 is 0 Å². The lowest BCUT2D eigenvalue weighted by Crippen LogP contribution is -2.38. The second kappa shape index (κ2) is 3.47. The lowest BCUT2D eigenvalue weighted by Gasteiger charge is -2.12. The normalized spacial score (nSPS) is 20.7. The average Bonchev–Trinajstić information content (AvgIpc) is 2.47. The van der Waals surface area contributed by atoms with Crippen molar-refractivity contribution in [2.75, 3.05) is 5.01 Å². The van der Waals surface area contributed by atoms with Gasteiger partial charge in [-0.15, -0.1) is 0 Å². The van der Waals surface area contributed by atoms with Crippen LogP contribution in [0.4, 0.5) is 5.69 Å². The van der Waals surface area contributed by atoms with Crippen molar-refractivity contribution in [2.24, 2.45) is 10.8 Å². The highest BCUT2D eigenvalue weighted by atomic mass is 16.2. The van der Waals surface area contributed by atoms with Crippen LogP contribution in [0, 0.1) is 6.92 Å². The Morgan fingerprint density at radius 3 is 2.33 bits per heavy atom. The molecule has 1 aromatic rings. The molecule has 0 aromatic heterocycles. The van der Waals surface area contributed by atoms with E-state index in [9.17, 15) is 4.79 Å². The number of nitrogens with zero attached hydrogens (tertiary/aromatic N) is 2. The molecule has 1 heterocycles. The zero-order chi connectivity index (χ0) is 11.0. The van der Waals surface area contributed by atoms with Crippen LogP contribution < -0.4 is 10.7 Å². The molecule has 0 fully saturated rings. The van der Waals surface area contributed by atoms with Crippen LogP contribution in [-0.2, 0) is 4.79 Å². The van der Waals surface area contributed by atoms with E-state index in [1.54, 1.807) is 6.92 Å². The summed E-state index contributed by atoms with van der Waals surface area (Å²) in [5, 5.41) is 5.49. The maximum Gasteiger partial charge on any atom is 0.270 e. The van der Waals surface area contributed by atoms with Gasteiger partial charge in [0.25, 0.3) is 5.91 Å². The molecule has 1 aliphatic rings. The zero-order valence-electron chi connectivity index (χ0n) is 8.77. The number of hydrazone groups is 1. The van der Waals surface area contributed by atoms with E-state index < -0.39 is 6.04 Å². The van der Waals surface area contributed by atoms with Gasteiger partial charge in [-0.1, -0.05) is 17.7 Å². The third-order valence-corrected chi connectivity index (χ3v) is 2.46. The Balaban J connectivity index is 2.33. The number of hydrogen-bond acceptors (Lipinski definition) is 3. The zero-order valence-corrected chi connectivity index (χ0v) is 8.77. The van der Waals surface area contributed by atoms with Crippen LogP contribution in [0.5, 0.6) is 0 Å². The van der Waals surface area contributed by atoms with Crippen LogP contribution in [0.2, 0.25) is 0 Å². The summed E-state index contributed by atoms with van der Waals surface area (Å²) in [6, 6.07) is 7.02. The van der Waals surface area contributed by atoms with E-state index in [0.717, 1.165) is 11.3 Å². The molecule has 0 spiro atoms. The van der Waals surface area contributed by atoms with Crippen LogP contribution in [0.1, 0.15) is 12.5 Å². The minimum atomic E-state index is -0.591. The van der Waals surface area contributed by atoms with E-state index in [2.05, 4.69) is 5.10 Å². The van der Waals surface area contributed by atoms with Gasteiger partial charge in [0.1, 0.15) is 6.04 Å². The number of rotatable bonds is 1. The van der Waals surface area contributed by atoms with Gasteiger partial charge in [0, 0.05) is 0 Å². The molecule has 1 amide bonds. The van der Waals surface area contributed by atoms with Crippen molar-refractivity contribution in [1.82, 2.24) is 0 Å². The summed E-state index contributed by atoms with van der Waals surface area (Å²) in [6.45, 7) is 3.76. The smallest absolute Gasteiger partial charge is 0.270 e. The third-order valence-electron chi connectivity index (χ3n) is 2.46. The minimum Gasteiger partial charge on any atom is -0.315 e. The van der Waals surface area contributed by atoms with Crippen LogP contribution in [0.25, 0.3) is 0 Å². The molecule has 1 atom stereocenters. The number of hydrogen-bond donors (Lipinski definition) is 1. The first-order chi connectivity index (χ1) is 7.09. The first-order valence-corrected chi connectivity index (χ1v) is 4.81. The Kier molecular flexibility index (Phi) is 2.28. The van der Waals surface area contributed by atoms with Crippen molar-refractivity contribution in [3.8, 4) is 0 Å². The quantitative estimate of drug-likeness (QED) is 0.741. The summed E-state index contributed by atoms with van der Waals surface area (Å²) in [6.07, 6.45) is 0. The highest BCUT2D eigenvalue weighted by Crippen LogP contribution is 2.20. The van der Waals surface area contributed by atoms with E-state index >= 15 is 0 Å². The first kappa shape index (κ1) is 9.86. The number of anilines is 1. The highest BCUT2D eigenvalue weighted by Gasteiger charge is 2.30. The number of aryl methyl sites for hydroxylation is 1. The predicted molar refractivity (Wildman–Crippen MR) is 59.7 cm³/mol. The third kappa shape index (κ3) is 1.64. The van der Waals surface area contributed by atoms with Crippen LogP contribution >= 0.6 is 0 Å². The molecule has 0 aliphatic carbocycles. The Hall–Kier alpha value is -1.68. The maximum atomic E-state index is 11.7. The standard InChI is InChI=1S/C11H13N3O/c1-7-3-5-9(6-4-7)14-11(15)10(12)8(2)13-14/h3-6,10H,12H2,1-2H3. The van der Waals surface area contributed by atoms with Gasteiger partial charge in [0.05, 0.1) is 11.4 Å². The fourth-order valence-corrected chi connectivity index (χ4v) is 1.45. The monoisotopic (exact) mass is 203 g/mol. The van der Waals surface area contributed by atoms with Gasteiger partial charge in [-0.05, 0) is 26.0 Å². The van der Waals surface area contributed by atoms with Crippen molar-refractivity contribution < 1.29 is 4.79 Å². The molecule has 0 saturated heterocycles. The van der Waals surface area contributed by atoms with Crippen LogP contribution in [0.15, 0.2) is 29.4 Å². The number of carbonyl (C=O) groups excluding carboxylic acids is 1. The molecule has 4 nitrogen and oxygen atoms in total. The summed E-state index contributed by atoms with van der Waals surface area (Å²) >= 11 is 0. The Morgan fingerprint density at radius 2 is 1.87 bits per heavy atom. The molecule has 1 unspecified atom stereocenters. The number of benzene rings is 1. The molecule has 0 saturated carbocycles. The highest BCUT2D eigenvalue weighted by molar-refractivity contribution is 6.17. The summed E-state index contributed by atoms with van der Waals surface area (Å²) in [4.78, 5) is 11.7. The second-order valence-electron chi connectivity index (χ2n) is 3.70. The van der Waals surface area contributed by atoms with Gasteiger partial charge in [-0.3, -0.25) is 4.79 Å². The molecular formula is C11H13N3O. The largest absolute Gasteiger partial charge is 0.315 e. The van der Waals surface area contributed by atoms with Crippen molar-refractivity contribution in [3.05, 3.63) is 29.8 Å². The number of carbonyl (C=O) groups is 1. The molecule has 0 bridgehead atoms. The van der Waals surface area contributed by atoms with Crippen molar-refractivity contribution >= 4 is 17.3 Å². The molecule has 4 heteroatoms. The minimum absolute atomic E-state index is 0.170. The van der Waals surface area contributed by atoms with Gasteiger partial charge in [0.15, 0.2) is 0 Å². The molecule has 0 radical (unpaired) electrons. The molecule has 2 N–H and O–H groups in total. The molecule has 15 heavy (non-hydrogen) atoms. The predicted octanol–water partition coefficient (Wildman–Crippen LogP) is 1.04. The molecule has 1 aromatic carbocycles. The summed E-state index contributed by atoms with van der Waals surface area (Å²) in [5.41, 5.74) is 8.22. The van der Waals surface area contributed by atoms with Crippen molar-refractivity contribution in [2.45, 2.75) is 19.9 Å². The average molecular weight is 203 g/mol. The molecule has 78 valence electrons. The van der Waals surface area contributed by atoms with Crippen LogP contribution in [0.3, 0.4) is 0 Å². The fraction of sp³-hybridized carbons (Fsp3) is 0.273. The molecule has 2 rings (SSSR count). The van der Waals surface area contributed by atoms with Gasteiger partial charge < -0.3 is 5.73 Å². The van der Waals surface area contributed by atoms with E-state index in [1.165, 1.54) is 5.01 Å². The van der Waals surface area contributed by atoms with E-state index in [1.807, 2.05) is 31.2 Å². The topological polar surface area (TPSA) is 58.7 Å². The second-order valence-corrected chi connectivity index (χ2v) is 3.70. The van der Waals surface area contributed by atoms with Crippen molar-refractivity contribution in [3.63, 3.8) is 0 Å². The summed E-state index contributed by atoms with van der Waals surface area (Å²) < 4.78 is 0. The van der Waals surface area contributed by atoms with Gasteiger partial charge in [0.2, 0.25) is 0 Å². The van der Waals surface area contributed by atoms with E-state index in [-0.39, 0.29) is 5.91 Å².